The van der Waals surface area contributed by atoms with Crippen LogP contribution in [0.15, 0.2) is 0 Å². The van der Waals surface area contributed by atoms with Crippen LogP contribution in [-0.4, -0.2) is 34.6 Å². The van der Waals surface area contributed by atoms with Crippen LogP contribution in [0, 0.1) is 5.41 Å². The number of piperidine rings is 1. The van der Waals surface area contributed by atoms with Crippen LogP contribution in [0.25, 0.3) is 0 Å². The van der Waals surface area contributed by atoms with E-state index in [0.717, 1.165) is 25.7 Å². The zero-order valence-corrected chi connectivity index (χ0v) is 10.9. The lowest BCUT2D eigenvalue weighted by Gasteiger charge is -2.36. The topological polar surface area (TPSA) is 75.4 Å². The first-order chi connectivity index (χ1) is 7.96. The second kappa shape index (κ2) is 3.42. The molecule has 3 fully saturated rings. The number of hydrogen-bond acceptors (Lipinski definition) is 3. The molecule has 94 valence electrons. The molecule has 0 bridgehead atoms. The fourth-order valence-corrected chi connectivity index (χ4v) is 3.78. The zero-order valence-electron chi connectivity index (χ0n) is 9.74. The Hall–Kier alpha value is -0.670. The number of nitrogens with one attached hydrogen (secondary N) is 1. The zero-order chi connectivity index (χ0) is 12.3. The highest BCUT2D eigenvalue weighted by Gasteiger charge is 2.57. The van der Waals surface area contributed by atoms with Crippen LogP contribution < -0.4 is 11.1 Å². The van der Waals surface area contributed by atoms with Gasteiger partial charge in [0.2, 0.25) is 11.8 Å². The molecular formula is C11H18N3O2P. The minimum atomic E-state index is -0.394. The van der Waals surface area contributed by atoms with E-state index in [0.29, 0.717) is 13.0 Å². The SMILES string of the molecule is NC(=O)C1CC2(CCC3(CC3)NC2=O)CN1P. The number of nitrogens with two attached hydrogens (primary N) is 1. The predicted molar refractivity (Wildman–Crippen MR) is 65.8 cm³/mol. The number of primary amides is 1. The predicted octanol–water partition coefficient (Wildman–Crippen LogP) is -0.235. The summed E-state index contributed by atoms with van der Waals surface area (Å²) in [6.07, 6.45) is 4.71. The van der Waals surface area contributed by atoms with Crippen molar-refractivity contribution in [3.8, 4) is 0 Å². The van der Waals surface area contributed by atoms with E-state index in [1.807, 2.05) is 4.67 Å². The molecule has 1 saturated carbocycles. The molecule has 3 aliphatic rings. The van der Waals surface area contributed by atoms with Gasteiger partial charge in [-0.1, -0.05) is 9.39 Å². The van der Waals surface area contributed by atoms with E-state index in [4.69, 9.17) is 5.73 Å². The first-order valence-corrected chi connectivity index (χ1v) is 6.61. The van der Waals surface area contributed by atoms with Gasteiger partial charge in [-0.3, -0.25) is 14.3 Å². The van der Waals surface area contributed by atoms with E-state index in [2.05, 4.69) is 14.7 Å². The van der Waals surface area contributed by atoms with Crippen LogP contribution in [0.1, 0.15) is 32.1 Å². The van der Waals surface area contributed by atoms with Crippen LogP contribution in [0.2, 0.25) is 0 Å². The molecule has 2 amide bonds. The summed E-state index contributed by atoms with van der Waals surface area (Å²) in [6.45, 7) is 0.618. The maximum absolute atomic E-state index is 12.3. The average molecular weight is 255 g/mol. The van der Waals surface area contributed by atoms with Crippen LogP contribution in [0.4, 0.5) is 0 Å². The molecule has 3 atom stereocenters. The Bertz CT molecular complexity index is 396. The number of amides is 2. The molecule has 5 nitrogen and oxygen atoms in total. The van der Waals surface area contributed by atoms with E-state index in [9.17, 15) is 9.59 Å². The largest absolute Gasteiger partial charge is 0.368 e. The van der Waals surface area contributed by atoms with E-state index >= 15 is 0 Å². The number of hydrogen-bond donors (Lipinski definition) is 2. The Labute approximate surface area is 103 Å². The Morgan fingerprint density at radius 3 is 2.53 bits per heavy atom. The summed E-state index contributed by atoms with van der Waals surface area (Å²) in [5.41, 5.74) is 5.08. The van der Waals surface area contributed by atoms with Gasteiger partial charge in [-0.2, -0.15) is 0 Å². The Morgan fingerprint density at radius 1 is 1.41 bits per heavy atom. The van der Waals surface area contributed by atoms with Gasteiger partial charge in [0.05, 0.1) is 11.5 Å². The Kier molecular flexibility index (Phi) is 2.30. The molecule has 0 aromatic rings. The fraction of sp³-hybridized carbons (Fsp3) is 0.818. The Balaban J connectivity index is 1.79. The van der Waals surface area contributed by atoms with Crippen LogP contribution in [0.5, 0.6) is 0 Å². The molecule has 2 saturated heterocycles. The van der Waals surface area contributed by atoms with Crippen molar-refractivity contribution < 1.29 is 9.59 Å². The van der Waals surface area contributed by atoms with Gasteiger partial charge < -0.3 is 11.1 Å². The van der Waals surface area contributed by atoms with Gasteiger partial charge >= 0.3 is 0 Å². The van der Waals surface area contributed by atoms with Crippen molar-refractivity contribution >= 4 is 21.2 Å². The summed E-state index contributed by atoms with van der Waals surface area (Å²) in [5, 5.41) is 3.15. The van der Waals surface area contributed by atoms with Crippen molar-refractivity contribution in [2.45, 2.75) is 43.7 Å². The van der Waals surface area contributed by atoms with Crippen LogP contribution in [-0.2, 0) is 9.59 Å². The molecule has 2 heterocycles. The van der Waals surface area contributed by atoms with Crippen LogP contribution in [0.3, 0.4) is 0 Å². The highest BCUT2D eigenvalue weighted by atomic mass is 31.0. The minimum absolute atomic E-state index is 0.110. The van der Waals surface area contributed by atoms with Crippen molar-refractivity contribution in [3.63, 3.8) is 0 Å². The lowest BCUT2D eigenvalue weighted by Crippen LogP contribution is -2.53. The average Bonchev–Trinajstić information content (AvgIpc) is 2.91. The number of nitrogens with zero attached hydrogens (tertiary/aromatic N) is 1. The second-order valence-electron chi connectivity index (χ2n) is 5.81. The molecule has 3 rings (SSSR count). The smallest absolute Gasteiger partial charge is 0.235 e. The van der Waals surface area contributed by atoms with Gasteiger partial charge in [0.1, 0.15) is 0 Å². The standard InChI is InChI=1S/C11H18N3O2P/c12-8(15)7-5-10(6-14(7)17)1-2-11(3-4-11)13-9(10)16/h7H,1-6,17H2,(H2,12,15)(H,13,16). The Morgan fingerprint density at radius 2 is 2.06 bits per heavy atom. The van der Waals surface area contributed by atoms with E-state index < -0.39 is 5.41 Å². The third kappa shape index (κ3) is 1.67. The summed E-state index contributed by atoms with van der Waals surface area (Å²) >= 11 is 0. The summed E-state index contributed by atoms with van der Waals surface area (Å²) in [7, 11) is 2.53. The maximum Gasteiger partial charge on any atom is 0.235 e. The molecule has 6 heteroatoms. The third-order valence-electron chi connectivity index (χ3n) is 4.59. The van der Waals surface area contributed by atoms with Crippen LogP contribution >= 0.6 is 9.39 Å². The van der Waals surface area contributed by atoms with Crippen molar-refractivity contribution in [2.75, 3.05) is 6.54 Å². The molecule has 1 aliphatic carbocycles. The van der Waals surface area contributed by atoms with E-state index in [-0.39, 0.29) is 23.4 Å². The molecule has 3 unspecified atom stereocenters. The number of carbonyl (C=O) groups is 2. The van der Waals surface area contributed by atoms with E-state index in [1.165, 1.54) is 0 Å². The molecule has 0 aromatic carbocycles. The van der Waals surface area contributed by atoms with Gasteiger partial charge in [0.25, 0.3) is 0 Å². The molecule has 0 aromatic heterocycles. The van der Waals surface area contributed by atoms with Gasteiger partial charge in [-0.05, 0) is 32.1 Å². The van der Waals surface area contributed by atoms with E-state index in [1.54, 1.807) is 0 Å². The lowest BCUT2D eigenvalue weighted by atomic mass is 9.75. The molecule has 17 heavy (non-hydrogen) atoms. The molecule has 0 radical (unpaired) electrons. The maximum atomic E-state index is 12.3. The fourth-order valence-electron chi connectivity index (χ4n) is 3.18. The monoisotopic (exact) mass is 255 g/mol. The first kappa shape index (κ1) is 11.4. The molecule has 3 N–H and O–H groups in total. The minimum Gasteiger partial charge on any atom is -0.368 e. The second-order valence-corrected chi connectivity index (χ2v) is 6.47. The third-order valence-corrected chi connectivity index (χ3v) is 5.14. The van der Waals surface area contributed by atoms with Crippen molar-refractivity contribution in [3.05, 3.63) is 0 Å². The van der Waals surface area contributed by atoms with Crippen molar-refractivity contribution in [2.24, 2.45) is 11.1 Å². The number of rotatable bonds is 1. The number of carbonyl (C=O) groups excluding carboxylic acids is 2. The molecular weight excluding hydrogens is 237 g/mol. The molecule has 2 spiro atoms. The van der Waals surface area contributed by atoms with Gasteiger partial charge in [-0.25, -0.2) is 0 Å². The normalized spacial score (nSPS) is 39.6. The van der Waals surface area contributed by atoms with Gasteiger partial charge in [0, 0.05) is 12.1 Å². The summed E-state index contributed by atoms with van der Waals surface area (Å²) in [6, 6.07) is -0.320. The van der Waals surface area contributed by atoms with Gasteiger partial charge in [-0.15, -0.1) is 0 Å². The highest BCUT2D eigenvalue weighted by Crippen LogP contribution is 2.51. The summed E-state index contributed by atoms with van der Waals surface area (Å²) in [5.74, 6) is -0.214. The lowest BCUT2D eigenvalue weighted by molar-refractivity contribution is -0.134. The van der Waals surface area contributed by atoms with Gasteiger partial charge in [0.15, 0.2) is 0 Å². The summed E-state index contributed by atoms with van der Waals surface area (Å²) in [4.78, 5) is 23.6. The van der Waals surface area contributed by atoms with Crippen molar-refractivity contribution in [1.82, 2.24) is 9.99 Å². The summed E-state index contributed by atoms with van der Waals surface area (Å²) < 4.78 is 1.84. The molecule has 2 aliphatic heterocycles. The highest BCUT2D eigenvalue weighted by molar-refractivity contribution is 7.13. The quantitative estimate of drug-likeness (QED) is 0.635. The van der Waals surface area contributed by atoms with Crippen molar-refractivity contribution in [1.29, 1.82) is 0 Å². The first-order valence-electron chi connectivity index (χ1n) is 6.10.